The van der Waals surface area contributed by atoms with Crippen molar-refractivity contribution in [1.29, 1.82) is 0 Å². The van der Waals surface area contributed by atoms with Crippen molar-refractivity contribution in [2.75, 3.05) is 11.4 Å². The highest BCUT2D eigenvalue weighted by molar-refractivity contribution is 5.56. The minimum absolute atomic E-state index is 0.329. The molecule has 0 aromatic heterocycles. The first-order valence-corrected chi connectivity index (χ1v) is 7.73. The lowest BCUT2D eigenvalue weighted by Gasteiger charge is -2.26. The summed E-state index contributed by atoms with van der Waals surface area (Å²) < 4.78 is 0. The van der Waals surface area contributed by atoms with Crippen molar-refractivity contribution in [3.8, 4) is 0 Å². The van der Waals surface area contributed by atoms with Gasteiger partial charge in [-0.15, -0.1) is 0 Å². The molecule has 0 saturated heterocycles. The number of aliphatic hydroxyl groups is 1. The lowest BCUT2D eigenvalue weighted by molar-refractivity contribution is 0.168. The van der Waals surface area contributed by atoms with Crippen LogP contribution in [-0.2, 0) is 6.54 Å². The molecule has 2 aromatic carbocycles. The average Bonchev–Trinajstić information content (AvgIpc) is 2.64. The van der Waals surface area contributed by atoms with Gasteiger partial charge in [0, 0.05) is 24.3 Å². The van der Waals surface area contributed by atoms with Crippen LogP contribution < -0.4 is 4.90 Å². The highest BCUT2D eigenvalue weighted by atomic mass is 16.3. The maximum atomic E-state index is 10.3. The Balaban J connectivity index is 1.95. The summed E-state index contributed by atoms with van der Waals surface area (Å²) in [4.78, 5) is 2.41. The van der Waals surface area contributed by atoms with Gasteiger partial charge in [-0.05, 0) is 43.9 Å². The van der Waals surface area contributed by atoms with Crippen LogP contribution in [0.3, 0.4) is 0 Å². The third kappa shape index (κ3) is 2.96. The zero-order valence-electron chi connectivity index (χ0n) is 12.8. The van der Waals surface area contributed by atoms with Crippen LogP contribution in [0.15, 0.2) is 42.5 Å². The molecule has 1 atom stereocenters. The molecule has 1 aliphatic rings. The summed E-state index contributed by atoms with van der Waals surface area (Å²) in [5, 5.41) is 10.3. The fourth-order valence-corrected chi connectivity index (χ4v) is 3.15. The van der Waals surface area contributed by atoms with Gasteiger partial charge in [-0.2, -0.15) is 0 Å². The number of anilines is 1. The van der Waals surface area contributed by atoms with Crippen LogP contribution in [0.5, 0.6) is 0 Å². The summed E-state index contributed by atoms with van der Waals surface area (Å²) in [6, 6.07) is 14.9. The largest absolute Gasteiger partial charge is 0.388 e. The Morgan fingerprint density at radius 3 is 2.81 bits per heavy atom. The van der Waals surface area contributed by atoms with Gasteiger partial charge in [0.1, 0.15) is 0 Å². The Kier molecular flexibility index (Phi) is 3.98. The lowest BCUT2D eigenvalue weighted by Crippen LogP contribution is -2.24. The second-order valence-corrected chi connectivity index (χ2v) is 6.07. The first-order valence-electron chi connectivity index (χ1n) is 7.73. The number of para-hydroxylation sites is 1. The van der Waals surface area contributed by atoms with E-state index in [1.165, 1.54) is 22.4 Å². The Hall–Kier alpha value is -1.80. The Morgan fingerprint density at radius 2 is 1.95 bits per heavy atom. The zero-order valence-corrected chi connectivity index (χ0v) is 12.8. The molecule has 0 radical (unpaired) electrons. The summed E-state index contributed by atoms with van der Waals surface area (Å²) >= 11 is 0. The molecule has 0 spiro atoms. The molecule has 1 N–H and O–H groups in total. The summed E-state index contributed by atoms with van der Waals surface area (Å²) in [6.07, 6.45) is 1.55. The van der Waals surface area contributed by atoms with Crippen molar-refractivity contribution in [3.05, 3.63) is 64.7 Å². The van der Waals surface area contributed by atoms with E-state index in [1.807, 2.05) is 6.07 Å². The first kappa shape index (κ1) is 14.2. The number of rotatable bonds is 2. The van der Waals surface area contributed by atoms with E-state index in [9.17, 15) is 5.11 Å². The number of benzene rings is 2. The molecule has 21 heavy (non-hydrogen) atoms. The molecule has 2 heteroatoms. The Morgan fingerprint density at radius 1 is 1.14 bits per heavy atom. The number of aryl methyl sites for hydroxylation is 2. The predicted molar refractivity (Wildman–Crippen MR) is 87.6 cm³/mol. The predicted octanol–water partition coefficient (Wildman–Crippen LogP) is 4.14. The number of aliphatic hydroxyl groups excluding tert-OH is 1. The van der Waals surface area contributed by atoms with Gasteiger partial charge < -0.3 is 10.0 Å². The molecular formula is C19H23NO. The van der Waals surface area contributed by atoms with Crippen molar-refractivity contribution in [2.45, 2.75) is 39.3 Å². The van der Waals surface area contributed by atoms with Crippen LogP contribution in [0, 0.1) is 13.8 Å². The molecule has 110 valence electrons. The molecule has 3 rings (SSSR count). The molecular weight excluding hydrogens is 258 g/mol. The molecule has 2 aromatic rings. The number of nitrogens with zero attached hydrogens (tertiary/aromatic N) is 1. The van der Waals surface area contributed by atoms with Gasteiger partial charge in [0.15, 0.2) is 0 Å². The number of hydrogen-bond acceptors (Lipinski definition) is 2. The maximum absolute atomic E-state index is 10.3. The fraction of sp³-hybridized carbons (Fsp3) is 0.368. The van der Waals surface area contributed by atoms with Gasteiger partial charge in [0.25, 0.3) is 0 Å². The van der Waals surface area contributed by atoms with E-state index in [2.05, 4.69) is 55.1 Å². The van der Waals surface area contributed by atoms with E-state index in [-0.39, 0.29) is 6.10 Å². The molecule has 1 aliphatic heterocycles. The van der Waals surface area contributed by atoms with Gasteiger partial charge in [-0.1, -0.05) is 42.0 Å². The van der Waals surface area contributed by atoms with E-state index in [0.29, 0.717) is 0 Å². The quantitative estimate of drug-likeness (QED) is 0.894. The number of hydrogen-bond donors (Lipinski definition) is 1. The molecule has 1 heterocycles. The minimum Gasteiger partial charge on any atom is -0.388 e. The number of fused-ring (bicyclic) bond motifs is 1. The maximum Gasteiger partial charge on any atom is 0.0810 e. The summed E-state index contributed by atoms with van der Waals surface area (Å²) in [5.74, 6) is 0. The van der Waals surface area contributed by atoms with Crippen molar-refractivity contribution in [3.63, 3.8) is 0 Å². The topological polar surface area (TPSA) is 23.5 Å². The van der Waals surface area contributed by atoms with Gasteiger partial charge >= 0.3 is 0 Å². The van der Waals surface area contributed by atoms with Gasteiger partial charge in [-0.25, -0.2) is 0 Å². The van der Waals surface area contributed by atoms with Crippen molar-refractivity contribution in [2.24, 2.45) is 0 Å². The first-order chi connectivity index (χ1) is 10.1. The zero-order chi connectivity index (χ0) is 14.8. The SMILES string of the molecule is Cc1ccc(C)c(CN2CCCC(O)c3ccccc32)c1. The van der Waals surface area contributed by atoms with Crippen LogP contribution in [0.1, 0.15) is 41.2 Å². The van der Waals surface area contributed by atoms with Gasteiger partial charge in [0.05, 0.1) is 6.10 Å². The van der Waals surface area contributed by atoms with E-state index in [4.69, 9.17) is 0 Å². The van der Waals surface area contributed by atoms with Gasteiger partial charge in [0.2, 0.25) is 0 Å². The minimum atomic E-state index is -0.329. The lowest BCUT2D eigenvalue weighted by atomic mass is 10.0. The van der Waals surface area contributed by atoms with E-state index in [1.54, 1.807) is 0 Å². The Labute approximate surface area is 127 Å². The molecule has 0 amide bonds. The van der Waals surface area contributed by atoms with Crippen LogP contribution >= 0.6 is 0 Å². The van der Waals surface area contributed by atoms with Gasteiger partial charge in [-0.3, -0.25) is 0 Å². The Bertz CT molecular complexity index is 635. The van der Waals surface area contributed by atoms with Crippen molar-refractivity contribution < 1.29 is 5.11 Å². The average molecular weight is 281 g/mol. The smallest absolute Gasteiger partial charge is 0.0810 e. The third-order valence-corrected chi connectivity index (χ3v) is 4.41. The normalized spacial score (nSPS) is 18.2. The highest BCUT2D eigenvalue weighted by Gasteiger charge is 2.21. The second kappa shape index (κ2) is 5.90. The van der Waals surface area contributed by atoms with Crippen molar-refractivity contribution in [1.82, 2.24) is 0 Å². The van der Waals surface area contributed by atoms with Crippen LogP contribution in [0.2, 0.25) is 0 Å². The molecule has 0 aliphatic carbocycles. The third-order valence-electron chi connectivity index (χ3n) is 4.41. The molecule has 0 fully saturated rings. The summed E-state index contributed by atoms with van der Waals surface area (Å²) in [6.45, 7) is 6.23. The van der Waals surface area contributed by atoms with Crippen LogP contribution in [0.25, 0.3) is 0 Å². The molecule has 0 saturated carbocycles. The summed E-state index contributed by atoms with van der Waals surface area (Å²) in [7, 11) is 0. The monoisotopic (exact) mass is 281 g/mol. The van der Waals surface area contributed by atoms with Crippen LogP contribution in [-0.4, -0.2) is 11.7 Å². The summed E-state index contributed by atoms with van der Waals surface area (Å²) in [5.41, 5.74) is 6.27. The standard InChI is InChI=1S/C19H23NO/c1-14-9-10-15(2)16(12-14)13-20-11-5-8-19(21)17-6-3-4-7-18(17)20/h3-4,6-7,9-10,12,19,21H,5,8,11,13H2,1-2H3. The van der Waals surface area contributed by atoms with E-state index >= 15 is 0 Å². The molecule has 1 unspecified atom stereocenters. The molecule has 0 bridgehead atoms. The van der Waals surface area contributed by atoms with E-state index in [0.717, 1.165) is 31.5 Å². The fourth-order valence-electron chi connectivity index (χ4n) is 3.15. The van der Waals surface area contributed by atoms with Crippen LogP contribution in [0.4, 0.5) is 5.69 Å². The second-order valence-electron chi connectivity index (χ2n) is 6.07. The highest BCUT2D eigenvalue weighted by Crippen LogP contribution is 2.33. The van der Waals surface area contributed by atoms with Crippen molar-refractivity contribution >= 4 is 5.69 Å². The van der Waals surface area contributed by atoms with E-state index < -0.39 is 0 Å². The molecule has 2 nitrogen and oxygen atoms in total.